The molecule has 0 bridgehead atoms. The average molecular weight is 329 g/mol. The van der Waals surface area contributed by atoms with Crippen LogP contribution in [-0.4, -0.2) is 67.0 Å². The number of H-pyrrole nitrogens is 1. The van der Waals surface area contributed by atoms with Gasteiger partial charge in [0.2, 0.25) is 0 Å². The van der Waals surface area contributed by atoms with E-state index in [4.69, 9.17) is 0 Å². The largest absolute Gasteiger partial charge is 0.334 e. The lowest BCUT2D eigenvalue weighted by molar-refractivity contribution is 0.0597. The first kappa shape index (κ1) is 16.9. The van der Waals surface area contributed by atoms with Gasteiger partial charge < -0.3 is 4.90 Å². The molecule has 1 aliphatic rings. The summed E-state index contributed by atoms with van der Waals surface area (Å²) < 4.78 is 27.1. The number of hydrogen-bond acceptors (Lipinski definition) is 4. The highest BCUT2D eigenvalue weighted by atomic mass is 32.2. The maximum Gasteiger partial charge on any atom is 0.278 e. The molecule has 1 fully saturated rings. The Kier molecular flexibility index (Phi) is 5.54. The Balaban J connectivity index is 1.94. The first-order valence-electron chi connectivity index (χ1n) is 7.39. The number of carbonyl (C=O) groups excluding carboxylic acids is 1. The molecular formula is C13H23N5O3S. The minimum Gasteiger partial charge on any atom is -0.334 e. The predicted molar refractivity (Wildman–Crippen MR) is 82.5 cm³/mol. The van der Waals surface area contributed by atoms with Crippen LogP contribution in [0.15, 0.2) is 12.3 Å². The van der Waals surface area contributed by atoms with Crippen molar-refractivity contribution in [3.63, 3.8) is 0 Å². The summed E-state index contributed by atoms with van der Waals surface area (Å²) in [5, 5.41) is 6.50. The van der Waals surface area contributed by atoms with Gasteiger partial charge in [-0.3, -0.25) is 9.89 Å². The van der Waals surface area contributed by atoms with Crippen molar-refractivity contribution in [1.82, 2.24) is 24.1 Å². The monoisotopic (exact) mass is 329 g/mol. The molecule has 2 heterocycles. The van der Waals surface area contributed by atoms with Crippen molar-refractivity contribution in [3.05, 3.63) is 18.0 Å². The summed E-state index contributed by atoms with van der Waals surface area (Å²) in [7, 11) is -0.450. The minimum atomic E-state index is -3.42. The van der Waals surface area contributed by atoms with Gasteiger partial charge in [-0.1, -0.05) is 0 Å². The molecule has 1 atom stereocenters. The van der Waals surface area contributed by atoms with Gasteiger partial charge in [-0.15, -0.1) is 0 Å². The zero-order chi connectivity index (χ0) is 16.2. The highest BCUT2D eigenvalue weighted by Crippen LogP contribution is 2.21. The van der Waals surface area contributed by atoms with Crippen LogP contribution in [0.25, 0.3) is 0 Å². The summed E-state index contributed by atoms with van der Waals surface area (Å²) in [6.07, 6.45) is 5.07. The lowest BCUT2D eigenvalue weighted by Crippen LogP contribution is -2.46. The fraction of sp³-hybridized carbons (Fsp3) is 0.692. The van der Waals surface area contributed by atoms with Crippen molar-refractivity contribution in [1.29, 1.82) is 0 Å². The number of rotatable bonds is 6. The number of aromatic amines is 1. The fourth-order valence-electron chi connectivity index (χ4n) is 2.58. The summed E-state index contributed by atoms with van der Waals surface area (Å²) in [6, 6.07) is 1.71. The van der Waals surface area contributed by atoms with Gasteiger partial charge in [-0.25, -0.2) is 4.72 Å². The second kappa shape index (κ2) is 7.21. The maximum absolute atomic E-state index is 12.4. The Hall–Kier alpha value is -1.45. The van der Waals surface area contributed by atoms with E-state index in [1.165, 1.54) is 14.1 Å². The molecule has 9 heteroatoms. The van der Waals surface area contributed by atoms with Gasteiger partial charge in [0.15, 0.2) is 0 Å². The molecule has 1 aromatic rings. The molecule has 2 N–H and O–H groups in total. The molecule has 1 saturated heterocycles. The molecule has 1 aliphatic heterocycles. The second-order valence-corrected chi connectivity index (χ2v) is 7.56. The molecule has 124 valence electrons. The van der Waals surface area contributed by atoms with Crippen molar-refractivity contribution in [2.45, 2.75) is 31.7 Å². The van der Waals surface area contributed by atoms with E-state index >= 15 is 0 Å². The maximum atomic E-state index is 12.4. The van der Waals surface area contributed by atoms with Crippen LogP contribution in [0.3, 0.4) is 0 Å². The van der Waals surface area contributed by atoms with Crippen molar-refractivity contribution >= 4 is 16.1 Å². The third-order valence-electron chi connectivity index (χ3n) is 3.86. The van der Waals surface area contributed by atoms with E-state index in [-0.39, 0.29) is 11.9 Å². The lowest BCUT2D eigenvalue weighted by Gasteiger charge is -2.35. The summed E-state index contributed by atoms with van der Waals surface area (Å²) in [4.78, 5) is 14.3. The summed E-state index contributed by atoms with van der Waals surface area (Å²) in [5.41, 5.74) is 0.473. The molecule has 1 amide bonds. The standard InChI is InChI=1S/C13H23N5O3S/c1-17(2)22(20,21)15-9-6-11-5-3-4-10-18(11)13(19)12-7-8-14-16-12/h7-8,11,15H,3-6,9-10H2,1-2H3,(H,14,16)/t11-/m0/s1. The van der Waals surface area contributed by atoms with Crippen LogP contribution >= 0.6 is 0 Å². The van der Waals surface area contributed by atoms with Crippen LogP contribution in [0.4, 0.5) is 0 Å². The van der Waals surface area contributed by atoms with Gasteiger partial charge in [0, 0.05) is 39.4 Å². The fourth-order valence-corrected chi connectivity index (χ4v) is 3.22. The SMILES string of the molecule is CN(C)S(=O)(=O)NCC[C@@H]1CCCCN1C(=O)c1ccn[nH]1. The van der Waals surface area contributed by atoms with Crippen LogP contribution in [0.2, 0.25) is 0 Å². The third-order valence-corrected chi connectivity index (χ3v) is 5.39. The molecule has 0 spiro atoms. The number of aromatic nitrogens is 2. The zero-order valence-corrected chi connectivity index (χ0v) is 13.8. The van der Waals surface area contributed by atoms with Gasteiger partial charge in [0.05, 0.1) is 0 Å². The second-order valence-electron chi connectivity index (χ2n) is 5.59. The van der Waals surface area contributed by atoms with E-state index in [2.05, 4.69) is 14.9 Å². The van der Waals surface area contributed by atoms with Gasteiger partial charge in [0.1, 0.15) is 5.69 Å². The normalized spacial score (nSPS) is 19.6. The number of nitrogens with zero attached hydrogens (tertiary/aromatic N) is 3. The van der Waals surface area contributed by atoms with Crippen molar-refractivity contribution < 1.29 is 13.2 Å². The molecule has 1 aromatic heterocycles. The zero-order valence-electron chi connectivity index (χ0n) is 12.9. The first-order valence-corrected chi connectivity index (χ1v) is 8.83. The van der Waals surface area contributed by atoms with Crippen molar-refractivity contribution in [3.8, 4) is 0 Å². The van der Waals surface area contributed by atoms with Crippen LogP contribution in [0.1, 0.15) is 36.2 Å². The summed E-state index contributed by atoms with van der Waals surface area (Å²) in [5.74, 6) is -0.0716. The Bertz CT molecular complexity index is 585. The van der Waals surface area contributed by atoms with Crippen molar-refractivity contribution in [2.75, 3.05) is 27.2 Å². The highest BCUT2D eigenvalue weighted by molar-refractivity contribution is 7.87. The van der Waals surface area contributed by atoms with Crippen molar-refractivity contribution in [2.24, 2.45) is 0 Å². The molecule has 2 rings (SSSR count). The lowest BCUT2D eigenvalue weighted by atomic mass is 9.99. The highest BCUT2D eigenvalue weighted by Gasteiger charge is 2.28. The molecule has 8 nitrogen and oxygen atoms in total. The predicted octanol–water partition coefficient (Wildman–Crippen LogP) is 0.191. The quantitative estimate of drug-likeness (QED) is 0.778. The van der Waals surface area contributed by atoms with E-state index in [0.717, 1.165) is 23.6 Å². The van der Waals surface area contributed by atoms with E-state index in [9.17, 15) is 13.2 Å². The first-order chi connectivity index (χ1) is 10.4. The van der Waals surface area contributed by atoms with E-state index in [0.29, 0.717) is 25.2 Å². The minimum absolute atomic E-state index is 0.0504. The van der Waals surface area contributed by atoms with E-state index < -0.39 is 10.2 Å². The number of piperidine rings is 1. The third kappa shape index (κ3) is 4.05. The van der Waals surface area contributed by atoms with Crippen LogP contribution < -0.4 is 4.72 Å². The van der Waals surface area contributed by atoms with E-state index in [1.807, 2.05) is 4.90 Å². The number of hydrogen-bond donors (Lipinski definition) is 2. The number of amides is 1. The molecule has 22 heavy (non-hydrogen) atoms. The molecule has 0 unspecified atom stereocenters. The average Bonchev–Trinajstić information content (AvgIpc) is 3.01. The Morgan fingerprint density at radius 1 is 1.50 bits per heavy atom. The smallest absolute Gasteiger partial charge is 0.278 e. The van der Waals surface area contributed by atoms with Crippen LogP contribution in [-0.2, 0) is 10.2 Å². The molecule has 0 aliphatic carbocycles. The Labute approximate surface area is 131 Å². The Morgan fingerprint density at radius 3 is 2.91 bits per heavy atom. The molecular weight excluding hydrogens is 306 g/mol. The van der Waals surface area contributed by atoms with Gasteiger partial charge in [-0.05, 0) is 31.7 Å². The van der Waals surface area contributed by atoms with Gasteiger partial charge in [0.25, 0.3) is 16.1 Å². The number of carbonyl (C=O) groups is 1. The van der Waals surface area contributed by atoms with Crippen LogP contribution in [0, 0.1) is 0 Å². The van der Waals surface area contributed by atoms with Gasteiger partial charge in [-0.2, -0.15) is 17.8 Å². The number of nitrogens with one attached hydrogen (secondary N) is 2. The molecule has 0 aromatic carbocycles. The van der Waals surface area contributed by atoms with Gasteiger partial charge >= 0.3 is 0 Å². The number of likely N-dealkylation sites (tertiary alicyclic amines) is 1. The summed E-state index contributed by atoms with van der Waals surface area (Å²) >= 11 is 0. The van der Waals surface area contributed by atoms with E-state index in [1.54, 1.807) is 12.3 Å². The molecule has 0 radical (unpaired) electrons. The van der Waals surface area contributed by atoms with Crippen LogP contribution in [0.5, 0.6) is 0 Å². The summed E-state index contributed by atoms with van der Waals surface area (Å²) in [6.45, 7) is 1.01. The molecule has 0 saturated carbocycles. The topological polar surface area (TPSA) is 98.4 Å². The Morgan fingerprint density at radius 2 is 2.27 bits per heavy atom.